The second-order valence-corrected chi connectivity index (χ2v) is 6.21. The molecule has 1 saturated heterocycles. The zero-order valence-corrected chi connectivity index (χ0v) is 13.0. The molecule has 6 heteroatoms. The molecule has 0 bridgehead atoms. The number of rotatable bonds is 1. The molecule has 2 aliphatic heterocycles. The molecule has 4 heterocycles. The molecule has 0 spiro atoms. The molecule has 2 aliphatic rings. The Morgan fingerprint density at radius 3 is 2.95 bits per heavy atom. The molecule has 2 N–H and O–H groups in total. The van der Waals surface area contributed by atoms with E-state index in [9.17, 15) is 0 Å². The number of fused-ring (bicyclic) bond motifs is 1. The molecule has 0 atom stereocenters. The Morgan fingerprint density at radius 2 is 2.09 bits per heavy atom. The molecule has 0 unspecified atom stereocenters. The lowest BCUT2D eigenvalue weighted by molar-refractivity contribution is 0.336. The maximum atomic E-state index is 6.05. The number of nitrogens with one attached hydrogen (secondary N) is 2. The normalized spacial score (nSPS) is 20.5. The number of pyridine rings is 1. The predicted molar refractivity (Wildman–Crippen MR) is 89.9 cm³/mol. The molecular weight excluding hydrogens is 298 g/mol. The van der Waals surface area contributed by atoms with Gasteiger partial charge in [-0.25, -0.2) is 9.98 Å². The fourth-order valence-electron chi connectivity index (χ4n) is 3.05. The van der Waals surface area contributed by atoms with Crippen LogP contribution in [0.5, 0.6) is 0 Å². The first-order valence-electron chi connectivity index (χ1n) is 7.69. The smallest absolute Gasteiger partial charge is 0.198 e. The number of likely N-dealkylation sites (tertiary alicyclic amines) is 1. The van der Waals surface area contributed by atoms with Crippen LogP contribution in [0.2, 0.25) is 5.02 Å². The van der Waals surface area contributed by atoms with Gasteiger partial charge in [-0.2, -0.15) is 0 Å². The molecule has 0 radical (unpaired) electrons. The summed E-state index contributed by atoms with van der Waals surface area (Å²) in [6.07, 6.45) is 9.58. The van der Waals surface area contributed by atoms with Crippen LogP contribution in [0.4, 0.5) is 0 Å². The highest BCUT2D eigenvalue weighted by Gasteiger charge is 2.19. The molecule has 5 nitrogen and oxygen atoms in total. The Morgan fingerprint density at radius 1 is 1.23 bits per heavy atom. The predicted octanol–water partition coefficient (Wildman–Crippen LogP) is 3.00. The molecule has 114 valence electrons. The van der Waals surface area contributed by atoms with Crippen LogP contribution in [0.1, 0.15) is 24.8 Å². The van der Waals surface area contributed by atoms with E-state index in [-0.39, 0.29) is 0 Å². The van der Waals surface area contributed by atoms with Crippen LogP contribution in [-0.2, 0) is 0 Å². The largest absolute Gasteiger partial charge is 0.346 e. The maximum absolute atomic E-state index is 6.05. The van der Waals surface area contributed by atoms with Gasteiger partial charge in [-0.15, -0.1) is 0 Å². The van der Waals surface area contributed by atoms with Crippen molar-refractivity contribution in [2.45, 2.75) is 19.3 Å². The van der Waals surface area contributed by atoms with Gasteiger partial charge in [-0.1, -0.05) is 11.6 Å². The van der Waals surface area contributed by atoms with E-state index in [0.29, 0.717) is 11.6 Å². The van der Waals surface area contributed by atoms with Crippen LogP contribution in [0, 0.1) is 0 Å². The van der Waals surface area contributed by atoms with E-state index in [0.717, 1.165) is 41.3 Å². The van der Waals surface area contributed by atoms with Crippen molar-refractivity contribution in [2.24, 2.45) is 4.99 Å². The van der Waals surface area contributed by atoms with Crippen molar-refractivity contribution in [1.29, 1.82) is 0 Å². The van der Waals surface area contributed by atoms with Crippen LogP contribution in [0.25, 0.3) is 17.1 Å². The van der Waals surface area contributed by atoms with Gasteiger partial charge in [0.05, 0.1) is 11.6 Å². The molecule has 0 saturated carbocycles. The summed E-state index contributed by atoms with van der Waals surface area (Å²) in [4.78, 5) is 14.4. The number of piperidine rings is 1. The minimum Gasteiger partial charge on any atom is -0.346 e. The Labute approximate surface area is 134 Å². The van der Waals surface area contributed by atoms with E-state index in [1.54, 1.807) is 6.20 Å². The van der Waals surface area contributed by atoms with E-state index in [1.807, 2.05) is 12.3 Å². The van der Waals surface area contributed by atoms with E-state index >= 15 is 0 Å². The number of aromatic nitrogens is 2. The third kappa shape index (κ3) is 2.57. The van der Waals surface area contributed by atoms with E-state index in [2.05, 4.69) is 31.3 Å². The summed E-state index contributed by atoms with van der Waals surface area (Å²) in [5.74, 6) is 1.02. The van der Waals surface area contributed by atoms with Crippen LogP contribution >= 0.6 is 11.6 Å². The van der Waals surface area contributed by atoms with Gasteiger partial charge < -0.3 is 15.2 Å². The fourth-order valence-corrected chi connectivity index (χ4v) is 3.21. The van der Waals surface area contributed by atoms with Crippen LogP contribution in [0.15, 0.2) is 29.1 Å². The Bertz CT molecular complexity index is 755. The standard InChI is InChI=1S/C16H18ClN5/c17-12-7-14-11(8-18-15(14)19-9-12)6-13-10-20-16(21-13)22-4-2-1-3-5-22/h6-9H,1-5,10H2,(H,18,19)(H,20,21)/b13-6-. The number of halogens is 1. The highest BCUT2D eigenvalue weighted by atomic mass is 35.5. The second kappa shape index (κ2) is 5.65. The summed E-state index contributed by atoms with van der Waals surface area (Å²) < 4.78 is 0. The average Bonchev–Trinajstić information content (AvgIpc) is 3.16. The maximum Gasteiger partial charge on any atom is 0.198 e. The van der Waals surface area contributed by atoms with Crippen LogP contribution in [0.3, 0.4) is 0 Å². The van der Waals surface area contributed by atoms with Crippen molar-refractivity contribution in [2.75, 3.05) is 19.6 Å². The zero-order chi connectivity index (χ0) is 14.9. The molecule has 0 aromatic carbocycles. The zero-order valence-electron chi connectivity index (χ0n) is 12.3. The van der Waals surface area contributed by atoms with Gasteiger partial charge in [0, 0.05) is 42.1 Å². The number of guanidine groups is 1. The Balaban J connectivity index is 1.55. The molecule has 1 fully saturated rings. The number of aromatic amines is 1. The number of aliphatic imine (C=N–C) groups is 1. The fraction of sp³-hybridized carbons (Fsp3) is 0.375. The molecule has 2 aromatic heterocycles. The highest BCUT2D eigenvalue weighted by molar-refractivity contribution is 6.31. The summed E-state index contributed by atoms with van der Waals surface area (Å²) in [5, 5.41) is 5.13. The van der Waals surface area contributed by atoms with Gasteiger partial charge >= 0.3 is 0 Å². The second-order valence-electron chi connectivity index (χ2n) is 5.78. The molecule has 4 rings (SSSR count). The first-order chi connectivity index (χ1) is 10.8. The third-order valence-electron chi connectivity index (χ3n) is 4.19. The first-order valence-corrected chi connectivity index (χ1v) is 8.07. The summed E-state index contributed by atoms with van der Waals surface area (Å²) in [6, 6.07) is 1.94. The summed E-state index contributed by atoms with van der Waals surface area (Å²) in [5.41, 5.74) is 3.05. The Hall–Kier alpha value is -2.01. The Kier molecular flexibility index (Phi) is 3.50. The van der Waals surface area contributed by atoms with E-state index < -0.39 is 0 Å². The SMILES string of the molecule is Clc1cnc2[nH]cc(/C=C3/CN=C(N4CCCCC4)N3)c2c1. The van der Waals surface area contributed by atoms with Crippen molar-refractivity contribution < 1.29 is 0 Å². The van der Waals surface area contributed by atoms with Gasteiger partial charge in [-0.3, -0.25) is 0 Å². The quantitative estimate of drug-likeness (QED) is 0.850. The van der Waals surface area contributed by atoms with Gasteiger partial charge in [-0.05, 0) is 31.4 Å². The third-order valence-corrected chi connectivity index (χ3v) is 4.39. The van der Waals surface area contributed by atoms with Crippen molar-refractivity contribution in [3.63, 3.8) is 0 Å². The van der Waals surface area contributed by atoms with Crippen molar-refractivity contribution in [1.82, 2.24) is 20.2 Å². The number of H-pyrrole nitrogens is 1. The topological polar surface area (TPSA) is 56.3 Å². The minimum absolute atomic E-state index is 0.649. The lowest BCUT2D eigenvalue weighted by Gasteiger charge is -2.28. The van der Waals surface area contributed by atoms with Gasteiger partial charge in [0.2, 0.25) is 0 Å². The summed E-state index contributed by atoms with van der Waals surface area (Å²) in [7, 11) is 0. The summed E-state index contributed by atoms with van der Waals surface area (Å²) in [6.45, 7) is 2.91. The van der Waals surface area contributed by atoms with Crippen molar-refractivity contribution in [3.05, 3.63) is 34.7 Å². The molecule has 0 aliphatic carbocycles. The van der Waals surface area contributed by atoms with E-state index in [4.69, 9.17) is 11.6 Å². The number of hydrogen-bond acceptors (Lipinski definition) is 4. The lowest BCUT2D eigenvalue weighted by atomic mass is 10.1. The van der Waals surface area contributed by atoms with Gasteiger partial charge in [0.1, 0.15) is 5.65 Å². The van der Waals surface area contributed by atoms with Gasteiger partial charge in [0.25, 0.3) is 0 Å². The van der Waals surface area contributed by atoms with Crippen molar-refractivity contribution >= 4 is 34.7 Å². The summed E-state index contributed by atoms with van der Waals surface area (Å²) >= 11 is 6.05. The van der Waals surface area contributed by atoms with Gasteiger partial charge in [0.15, 0.2) is 5.96 Å². The molecule has 2 aromatic rings. The monoisotopic (exact) mass is 315 g/mol. The molecule has 0 amide bonds. The minimum atomic E-state index is 0.649. The first kappa shape index (κ1) is 13.6. The average molecular weight is 316 g/mol. The number of hydrogen-bond donors (Lipinski definition) is 2. The highest BCUT2D eigenvalue weighted by Crippen LogP contribution is 2.23. The number of nitrogens with zero attached hydrogens (tertiary/aromatic N) is 3. The molecule has 22 heavy (non-hydrogen) atoms. The van der Waals surface area contributed by atoms with Crippen molar-refractivity contribution in [3.8, 4) is 0 Å². The van der Waals surface area contributed by atoms with Crippen LogP contribution < -0.4 is 5.32 Å². The lowest BCUT2D eigenvalue weighted by Crippen LogP contribution is -2.41. The molecular formula is C16H18ClN5. The van der Waals surface area contributed by atoms with E-state index in [1.165, 1.54) is 19.3 Å². The van der Waals surface area contributed by atoms with Crippen LogP contribution in [-0.4, -0.2) is 40.5 Å².